The van der Waals surface area contributed by atoms with Gasteiger partial charge in [-0.05, 0) is 46.5 Å². The number of rotatable bonds is 9. The summed E-state index contributed by atoms with van der Waals surface area (Å²) in [5, 5.41) is 11.7. The highest BCUT2D eigenvalue weighted by atomic mass is 32.2. The minimum absolute atomic E-state index is 0.0141. The van der Waals surface area contributed by atoms with Crippen molar-refractivity contribution in [3.63, 3.8) is 0 Å². The van der Waals surface area contributed by atoms with Crippen LogP contribution in [0.3, 0.4) is 0 Å². The molecule has 2 N–H and O–H groups in total. The Morgan fingerprint density at radius 3 is 2.14 bits per heavy atom. The van der Waals surface area contributed by atoms with E-state index in [1.807, 2.05) is 24.3 Å². The highest BCUT2D eigenvalue weighted by Crippen LogP contribution is 2.44. The number of hydrogen-bond acceptors (Lipinski definition) is 5. The SMILES string of the molecule is CN(C(=O)CSCCNC(=O)OCC1c2ccccc2-c2ccccc21)c1ccc(C(=O)O)cc1. The van der Waals surface area contributed by atoms with Gasteiger partial charge in [0.2, 0.25) is 5.91 Å². The lowest BCUT2D eigenvalue weighted by Crippen LogP contribution is -2.30. The molecule has 0 bridgehead atoms. The highest BCUT2D eigenvalue weighted by molar-refractivity contribution is 7.99. The molecule has 35 heavy (non-hydrogen) atoms. The summed E-state index contributed by atoms with van der Waals surface area (Å²) in [6, 6.07) is 22.5. The van der Waals surface area contributed by atoms with Gasteiger partial charge in [0.1, 0.15) is 6.61 Å². The van der Waals surface area contributed by atoms with E-state index in [1.165, 1.54) is 39.9 Å². The minimum Gasteiger partial charge on any atom is -0.478 e. The summed E-state index contributed by atoms with van der Waals surface area (Å²) in [5.74, 6) is -0.310. The monoisotopic (exact) mass is 490 g/mol. The molecule has 0 unspecified atom stereocenters. The van der Waals surface area contributed by atoms with Gasteiger partial charge in [-0.2, -0.15) is 11.8 Å². The number of carbonyl (C=O) groups excluding carboxylic acids is 2. The molecule has 3 aromatic carbocycles. The number of carboxylic acid groups (broad SMARTS) is 1. The first-order valence-corrected chi connectivity index (χ1v) is 12.4. The number of aromatic carboxylic acids is 1. The number of benzene rings is 3. The fourth-order valence-corrected chi connectivity index (χ4v) is 4.86. The van der Waals surface area contributed by atoms with Gasteiger partial charge in [-0.25, -0.2) is 9.59 Å². The average molecular weight is 491 g/mol. The van der Waals surface area contributed by atoms with E-state index in [0.717, 1.165) is 11.1 Å². The van der Waals surface area contributed by atoms with Crippen molar-refractivity contribution in [2.75, 3.05) is 36.6 Å². The van der Waals surface area contributed by atoms with Crippen LogP contribution in [-0.4, -0.2) is 54.8 Å². The number of nitrogens with one attached hydrogen (secondary N) is 1. The summed E-state index contributed by atoms with van der Waals surface area (Å²) in [6.45, 7) is 0.641. The number of ether oxygens (including phenoxy) is 1. The molecule has 0 heterocycles. The Kier molecular flexibility index (Phi) is 7.72. The Balaban J connectivity index is 1.18. The highest BCUT2D eigenvalue weighted by Gasteiger charge is 2.28. The molecule has 4 rings (SSSR count). The number of alkyl carbamates (subject to hydrolysis) is 1. The lowest BCUT2D eigenvalue weighted by molar-refractivity contribution is -0.115. The van der Waals surface area contributed by atoms with E-state index in [2.05, 4.69) is 29.6 Å². The fraction of sp³-hybridized carbons (Fsp3) is 0.222. The second-order valence-corrected chi connectivity index (χ2v) is 9.21. The normalized spacial score (nSPS) is 11.9. The van der Waals surface area contributed by atoms with Crippen molar-refractivity contribution in [1.82, 2.24) is 5.32 Å². The number of hydrogen-bond donors (Lipinski definition) is 2. The van der Waals surface area contributed by atoms with E-state index in [9.17, 15) is 14.4 Å². The molecule has 3 aromatic rings. The molecule has 8 heteroatoms. The van der Waals surface area contributed by atoms with Gasteiger partial charge in [-0.15, -0.1) is 0 Å². The van der Waals surface area contributed by atoms with Crippen LogP contribution in [0.4, 0.5) is 10.5 Å². The number of nitrogens with zero attached hydrogens (tertiary/aromatic N) is 1. The van der Waals surface area contributed by atoms with Crippen molar-refractivity contribution in [3.05, 3.63) is 89.5 Å². The summed E-state index contributed by atoms with van der Waals surface area (Å²) < 4.78 is 5.51. The standard InChI is InChI=1S/C27H26N2O5S/c1-29(19-12-10-18(11-13-19)26(31)32)25(30)17-35-15-14-28-27(33)34-16-24-22-8-4-2-6-20(22)21-7-3-5-9-23(21)24/h2-13,24H,14-17H2,1H3,(H,28,33)(H,31,32). The van der Waals surface area contributed by atoms with Crippen LogP contribution in [0.15, 0.2) is 72.8 Å². The molecule has 0 aromatic heterocycles. The summed E-state index contributed by atoms with van der Waals surface area (Å²) >= 11 is 1.40. The first-order chi connectivity index (χ1) is 17.0. The van der Waals surface area contributed by atoms with Crippen LogP contribution in [0, 0.1) is 0 Å². The predicted octanol–water partition coefficient (Wildman–Crippen LogP) is 4.62. The van der Waals surface area contributed by atoms with Crippen LogP contribution in [0.2, 0.25) is 0 Å². The summed E-state index contributed by atoms with van der Waals surface area (Å²) in [7, 11) is 1.65. The van der Waals surface area contributed by atoms with Gasteiger partial charge in [0, 0.05) is 31.0 Å². The van der Waals surface area contributed by atoms with Crippen LogP contribution >= 0.6 is 11.8 Å². The van der Waals surface area contributed by atoms with Crippen molar-refractivity contribution in [1.29, 1.82) is 0 Å². The van der Waals surface area contributed by atoms with Crippen molar-refractivity contribution in [3.8, 4) is 11.1 Å². The van der Waals surface area contributed by atoms with Crippen LogP contribution in [0.5, 0.6) is 0 Å². The molecule has 7 nitrogen and oxygen atoms in total. The number of thioether (sulfide) groups is 1. The Labute approximate surface area is 208 Å². The Morgan fingerprint density at radius 1 is 0.943 bits per heavy atom. The van der Waals surface area contributed by atoms with Gasteiger partial charge >= 0.3 is 12.1 Å². The number of amides is 2. The third-order valence-corrected chi connectivity index (χ3v) is 6.90. The number of carbonyl (C=O) groups is 3. The molecule has 0 fully saturated rings. The number of anilines is 1. The molecule has 180 valence electrons. The van der Waals surface area contributed by atoms with Crippen LogP contribution in [-0.2, 0) is 9.53 Å². The molecular formula is C27H26N2O5S. The van der Waals surface area contributed by atoms with Crippen molar-refractivity contribution in [2.24, 2.45) is 0 Å². The predicted molar refractivity (Wildman–Crippen MR) is 137 cm³/mol. The van der Waals surface area contributed by atoms with Crippen LogP contribution in [0.1, 0.15) is 27.4 Å². The number of carboxylic acids is 1. The molecule has 2 amide bonds. The Morgan fingerprint density at radius 2 is 1.54 bits per heavy atom. The largest absolute Gasteiger partial charge is 0.478 e. The molecule has 1 aliphatic rings. The smallest absolute Gasteiger partial charge is 0.407 e. The first kappa shape index (κ1) is 24.3. The molecule has 0 radical (unpaired) electrons. The molecule has 0 spiro atoms. The molecule has 0 aliphatic heterocycles. The van der Waals surface area contributed by atoms with Crippen molar-refractivity contribution >= 4 is 35.4 Å². The van der Waals surface area contributed by atoms with Gasteiger partial charge in [-0.1, -0.05) is 48.5 Å². The lowest BCUT2D eigenvalue weighted by Gasteiger charge is -2.17. The van der Waals surface area contributed by atoms with Crippen LogP contribution in [0.25, 0.3) is 11.1 Å². The lowest BCUT2D eigenvalue weighted by atomic mass is 9.98. The fourth-order valence-electron chi connectivity index (χ4n) is 4.10. The van der Waals surface area contributed by atoms with Crippen molar-refractivity contribution in [2.45, 2.75) is 5.92 Å². The second kappa shape index (κ2) is 11.1. The zero-order valence-corrected chi connectivity index (χ0v) is 20.1. The summed E-state index contributed by atoms with van der Waals surface area (Å²) in [4.78, 5) is 37.1. The minimum atomic E-state index is -1.01. The van der Waals surface area contributed by atoms with Gasteiger partial charge < -0.3 is 20.1 Å². The molecule has 0 atom stereocenters. The Hall–Kier alpha value is -3.78. The molecular weight excluding hydrogens is 464 g/mol. The van der Waals surface area contributed by atoms with E-state index in [-0.39, 0.29) is 29.7 Å². The third kappa shape index (κ3) is 5.66. The maximum absolute atomic E-state index is 12.4. The zero-order chi connectivity index (χ0) is 24.8. The first-order valence-electron chi connectivity index (χ1n) is 11.2. The number of fused-ring (bicyclic) bond motifs is 3. The van der Waals surface area contributed by atoms with E-state index in [4.69, 9.17) is 9.84 Å². The van der Waals surface area contributed by atoms with E-state index >= 15 is 0 Å². The van der Waals surface area contributed by atoms with Gasteiger partial charge in [0.05, 0.1) is 11.3 Å². The Bertz CT molecular complexity index is 1180. The quantitative estimate of drug-likeness (QED) is 0.425. The molecule has 1 aliphatic carbocycles. The maximum Gasteiger partial charge on any atom is 0.407 e. The van der Waals surface area contributed by atoms with Crippen molar-refractivity contribution < 1.29 is 24.2 Å². The molecule has 0 saturated carbocycles. The van der Waals surface area contributed by atoms with Crippen LogP contribution < -0.4 is 10.2 Å². The van der Waals surface area contributed by atoms with E-state index in [1.54, 1.807) is 19.2 Å². The van der Waals surface area contributed by atoms with E-state index in [0.29, 0.717) is 18.0 Å². The molecule has 0 saturated heterocycles. The zero-order valence-electron chi connectivity index (χ0n) is 19.3. The van der Waals surface area contributed by atoms with Gasteiger partial charge in [-0.3, -0.25) is 4.79 Å². The third-order valence-electron chi connectivity index (χ3n) is 5.96. The second-order valence-electron chi connectivity index (χ2n) is 8.11. The summed E-state index contributed by atoms with van der Waals surface area (Å²) in [5.41, 5.74) is 5.48. The summed E-state index contributed by atoms with van der Waals surface area (Å²) in [6.07, 6.45) is -0.477. The maximum atomic E-state index is 12.4. The van der Waals surface area contributed by atoms with E-state index < -0.39 is 12.1 Å². The van der Waals surface area contributed by atoms with Gasteiger partial charge in [0.25, 0.3) is 0 Å². The average Bonchev–Trinajstić information content (AvgIpc) is 3.20. The van der Waals surface area contributed by atoms with Gasteiger partial charge in [0.15, 0.2) is 0 Å². The topological polar surface area (TPSA) is 95.9 Å².